The van der Waals surface area contributed by atoms with Gasteiger partial charge in [0, 0.05) is 0 Å². The van der Waals surface area contributed by atoms with Crippen LogP contribution in [0, 0.1) is 13.8 Å². The van der Waals surface area contributed by atoms with Gasteiger partial charge in [0.25, 0.3) is 0 Å². The van der Waals surface area contributed by atoms with Gasteiger partial charge in [-0.25, -0.2) is 0 Å². The molecule has 0 aromatic heterocycles. The van der Waals surface area contributed by atoms with E-state index in [1.807, 2.05) is 12.1 Å². The van der Waals surface area contributed by atoms with Gasteiger partial charge >= 0.3 is 212 Å². The van der Waals surface area contributed by atoms with Crippen LogP contribution in [-0.4, -0.2) is 11.9 Å². The zero-order valence-corrected chi connectivity index (χ0v) is 26.5. The molecule has 181 valence electrons. The summed E-state index contributed by atoms with van der Waals surface area (Å²) in [5, 5.41) is 2.85. The summed E-state index contributed by atoms with van der Waals surface area (Å²) in [4.78, 5) is 13.7. The number of hydrogen-bond acceptors (Lipinski definition) is 1. The number of rotatable bonds is 6. The fraction of sp³-hybridized carbons (Fsp3) is 0.100. The summed E-state index contributed by atoms with van der Waals surface area (Å²) in [6.07, 6.45) is 4.63. The first-order valence-corrected chi connectivity index (χ1v) is 23.6. The van der Waals surface area contributed by atoms with Gasteiger partial charge in [0.1, 0.15) is 0 Å². The third-order valence-electron chi connectivity index (χ3n) is 6.45. The van der Waals surface area contributed by atoms with E-state index in [9.17, 15) is 4.79 Å². The van der Waals surface area contributed by atoms with Crippen molar-refractivity contribution in [3.8, 4) is 0 Å². The summed E-state index contributed by atoms with van der Waals surface area (Å²) in [5.74, 6) is -1.56. The largest absolute Gasteiger partial charge is 1.00 e. The monoisotopic (exact) mass is 696 g/mol. The normalized spacial score (nSPS) is 13.4. The number of nitrogens with one attached hydrogen (secondary N) is 1. The second kappa shape index (κ2) is 12.8. The number of aryl methyl sites for hydroxylation is 2. The molecule has 5 rings (SSSR count). The van der Waals surface area contributed by atoms with Crippen molar-refractivity contribution in [1.82, 2.24) is 3.30 Å². The summed E-state index contributed by atoms with van der Waals surface area (Å²) in [6, 6.07) is 36.7. The summed E-state index contributed by atoms with van der Waals surface area (Å²) in [5.41, 5.74) is 5.72. The zero-order valence-electron chi connectivity index (χ0n) is 20.3. The summed E-state index contributed by atoms with van der Waals surface area (Å²) >= 11 is -2.90. The molecule has 1 N–H and O–H groups in total. The van der Waals surface area contributed by atoms with E-state index in [2.05, 4.69) is 120 Å². The molecule has 0 bridgehead atoms. The average Bonchev–Trinajstić information content (AvgIpc) is 3.28. The van der Waals surface area contributed by atoms with Crippen LogP contribution in [0.1, 0.15) is 36.3 Å². The Morgan fingerprint density at radius 1 is 0.750 bits per heavy atom. The van der Waals surface area contributed by atoms with Crippen LogP contribution in [0.15, 0.2) is 109 Å². The standard InChI is InChI=1S/C12H11Si.C9H11NO.C9H7.2ClH.Hf/c1-3-7-11(8-4-1)13-12-9-5-2-6-10-12;1-6-3-7(2)5-8(4-6)9(10)11;1-2-5-9-7-3-6-8(9)4-1;;;/h1-10,13H;3-5H,1-2H3,(H2,10,11);1-7H;2*1H;/q;;;;;+3/p-3. The van der Waals surface area contributed by atoms with Crippen molar-refractivity contribution in [2.75, 3.05) is 0 Å². The molecule has 1 aliphatic rings. The van der Waals surface area contributed by atoms with Crippen molar-refractivity contribution in [3.05, 3.63) is 137 Å². The number of halogens is 2. The van der Waals surface area contributed by atoms with Crippen molar-refractivity contribution in [2.45, 2.75) is 17.5 Å². The smallest absolute Gasteiger partial charge is 1.00 e. The van der Waals surface area contributed by atoms with Gasteiger partial charge in [0.15, 0.2) is 0 Å². The van der Waals surface area contributed by atoms with Crippen molar-refractivity contribution in [1.29, 1.82) is 0 Å². The molecular formula is C30H28Cl2HfNOSi. The molecule has 0 aliphatic heterocycles. The van der Waals surface area contributed by atoms with Gasteiger partial charge in [-0.15, -0.1) is 0 Å². The second-order valence-corrected chi connectivity index (χ2v) is 28.9. The zero-order chi connectivity index (χ0) is 23.5. The van der Waals surface area contributed by atoms with Crippen LogP contribution >= 0.6 is 0 Å². The summed E-state index contributed by atoms with van der Waals surface area (Å²) in [7, 11) is 0. The van der Waals surface area contributed by atoms with E-state index in [1.165, 1.54) is 21.5 Å². The SMILES string of the molecule is Cc1cc(C)cc(C(=O)[NH][Hf+2]([CH]2C=Cc3ccccc32)[SiH](c2ccccc2)c2ccccc2)c1.[Cl-].[Cl-]. The Bertz CT molecular complexity index is 1290. The fourth-order valence-corrected chi connectivity index (χ4v) is 33.8. The Kier molecular flexibility index (Phi) is 10.1. The van der Waals surface area contributed by atoms with E-state index in [4.69, 9.17) is 0 Å². The van der Waals surface area contributed by atoms with Gasteiger partial charge in [0.2, 0.25) is 0 Å². The maximum absolute atomic E-state index is 13.7. The van der Waals surface area contributed by atoms with Crippen molar-refractivity contribution in [2.24, 2.45) is 0 Å². The Hall–Kier alpha value is -2.24. The molecule has 0 saturated heterocycles. The Morgan fingerprint density at radius 3 is 1.86 bits per heavy atom. The third kappa shape index (κ3) is 6.17. The average molecular weight is 696 g/mol. The molecule has 6 heteroatoms. The van der Waals surface area contributed by atoms with Crippen LogP contribution in [0.2, 0.25) is 0 Å². The minimum absolute atomic E-state index is 0. The number of benzene rings is 4. The minimum Gasteiger partial charge on any atom is -1.00 e. The maximum Gasteiger partial charge on any atom is -1.00 e. The van der Waals surface area contributed by atoms with E-state index >= 15 is 0 Å². The van der Waals surface area contributed by atoms with Gasteiger partial charge in [-0.2, -0.15) is 0 Å². The Morgan fingerprint density at radius 2 is 1.28 bits per heavy atom. The first-order chi connectivity index (χ1) is 16.6. The van der Waals surface area contributed by atoms with Gasteiger partial charge in [0.05, 0.1) is 0 Å². The Labute approximate surface area is 235 Å². The summed E-state index contributed by atoms with van der Waals surface area (Å²) in [6.45, 7) is 4.12. The summed E-state index contributed by atoms with van der Waals surface area (Å²) < 4.78 is 4.09. The molecule has 0 saturated carbocycles. The maximum atomic E-state index is 13.7. The molecule has 4 aromatic carbocycles. The quantitative estimate of drug-likeness (QED) is 0.255. The predicted molar refractivity (Wildman–Crippen MR) is 141 cm³/mol. The topological polar surface area (TPSA) is 29.1 Å². The molecule has 2 nitrogen and oxygen atoms in total. The molecule has 36 heavy (non-hydrogen) atoms. The molecule has 1 unspecified atom stereocenters. The van der Waals surface area contributed by atoms with Crippen LogP contribution in [0.25, 0.3) is 6.08 Å². The number of hydrogen-bond donors (Lipinski definition) is 1. The van der Waals surface area contributed by atoms with E-state index in [0.717, 1.165) is 16.7 Å². The number of amides is 1. The first-order valence-electron chi connectivity index (χ1n) is 11.7. The first kappa shape index (κ1) is 28.3. The second-order valence-electron chi connectivity index (χ2n) is 9.01. The molecule has 0 radical (unpaired) electrons. The molecule has 1 amide bonds. The molecule has 0 fully saturated rings. The van der Waals surface area contributed by atoms with E-state index in [-0.39, 0.29) is 30.7 Å². The van der Waals surface area contributed by atoms with E-state index in [1.54, 1.807) is 0 Å². The number of carbonyl (C=O) groups excluding carboxylic acids is 1. The van der Waals surface area contributed by atoms with Crippen LogP contribution in [0.3, 0.4) is 0 Å². The molecule has 1 atom stereocenters. The molecular weight excluding hydrogens is 668 g/mol. The van der Waals surface area contributed by atoms with Crippen LogP contribution in [-0.2, 0) is 20.9 Å². The van der Waals surface area contributed by atoms with Crippen molar-refractivity contribution < 1.29 is 50.5 Å². The van der Waals surface area contributed by atoms with Crippen molar-refractivity contribution >= 4 is 28.3 Å². The number of carbonyl (C=O) groups is 1. The molecule has 0 heterocycles. The van der Waals surface area contributed by atoms with Crippen LogP contribution in [0.4, 0.5) is 0 Å². The van der Waals surface area contributed by atoms with E-state index in [0.29, 0.717) is 3.67 Å². The molecule has 0 spiro atoms. The number of allylic oxidation sites excluding steroid dienone is 1. The Balaban J connectivity index is 0.00000180. The van der Waals surface area contributed by atoms with E-state index < -0.39 is 26.9 Å². The van der Waals surface area contributed by atoms with Gasteiger partial charge in [-0.05, 0) is 0 Å². The van der Waals surface area contributed by atoms with Gasteiger partial charge in [-0.3, -0.25) is 0 Å². The van der Waals surface area contributed by atoms with Gasteiger partial charge < -0.3 is 24.8 Å². The van der Waals surface area contributed by atoms with Crippen LogP contribution < -0.4 is 38.5 Å². The van der Waals surface area contributed by atoms with Gasteiger partial charge in [-0.1, -0.05) is 0 Å². The number of fused-ring (bicyclic) bond motifs is 1. The minimum atomic E-state index is -2.90. The van der Waals surface area contributed by atoms with Crippen molar-refractivity contribution in [3.63, 3.8) is 0 Å². The molecule has 4 aromatic rings. The third-order valence-corrected chi connectivity index (χ3v) is 33.3. The van der Waals surface area contributed by atoms with Crippen LogP contribution in [0.5, 0.6) is 0 Å². The fourth-order valence-electron chi connectivity index (χ4n) is 5.00. The predicted octanol–water partition coefficient (Wildman–Crippen LogP) is -1.12. The molecule has 1 aliphatic carbocycles.